The van der Waals surface area contributed by atoms with E-state index in [1.54, 1.807) is 18.2 Å². The van der Waals surface area contributed by atoms with Gasteiger partial charge in [0.1, 0.15) is 0 Å². The van der Waals surface area contributed by atoms with E-state index in [9.17, 15) is 9.59 Å². The molecule has 1 N–H and O–H groups in total. The summed E-state index contributed by atoms with van der Waals surface area (Å²) in [6, 6.07) is 14.5. The molecule has 2 aromatic carbocycles. The maximum atomic E-state index is 10.9. The summed E-state index contributed by atoms with van der Waals surface area (Å²) in [6.07, 6.45) is 0.829. The Balaban J connectivity index is 2.34. The summed E-state index contributed by atoms with van der Waals surface area (Å²) in [5.41, 5.74) is 3.14. The van der Waals surface area contributed by atoms with Crippen LogP contribution in [-0.4, -0.2) is 17.4 Å². The Hall–Kier alpha value is -2.42. The standard InChI is InChI=1S/C15H12O3/c16-10-13-3-1-2-4-14(13)12-7-5-11(6-8-12)9-15(17)18/h1-8,10H,9H2,(H,17,18). The fourth-order valence-corrected chi connectivity index (χ4v) is 1.84. The van der Waals surface area contributed by atoms with Gasteiger partial charge >= 0.3 is 5.97 Å². The first kappa shape index (κ1) is 12.0. The second kappa shape index (κ2) is 5.27. The lowest BCUT2D eigenvalue weighted by Crippen LogP contribution is -1.99. The van der Waals surface area contributed by atoms with Crippen LogP contribution in [0.3, 0.4) is 0 Å². The van der Waals surface area contributed by atoms with Crippen LogP contribution in [0.1, 0.15) is 15.9 Å². The first-order chi connectivity index (χ1) is 8.70. The van der Waals surface area contributed by atoms with Gasteiger partial charge in [0.25, 0.3) is 0 Å². The van der Waals surface area contributed by atoms with E-state index in [1.807, 2.05) is 30.3 Å². The van der Waals surface area contributed by atoms with Gasteiger partial charge in [0.2, 0.25) is 0 Å². The molecule has 0 spiro atoms. The molecule has 2 aromatic rings. The summed E-state index contributed by atoms with van der Waals surface area (Å²) < 4.78 is 0. The Kier molecular flexibility index (Phi) is 3.53. The topological polar surface area (TPSA) is 54.4 Å². The van der Waals surface area contributed by atoms with E-state index in [2.05, 4.69) is 0 Å². The molecule has 0 saturated carbocycles. The molecule has 0 saturated heterocycles. The number of carboxylic acid groups (broad SMARTS) is 1. The third kappa shape index (κ3) is 2.63. The van der Waals surface area contributed by atoms with Gasteiger partial charge in [0.15, 0.2) is 6.29 Å². The number of aliphatic carboxylic acids is 1. The highest BCUT2D eigenvalue weighted by atomic mass is 16.4. The largest absolute Gasteiger partial charge is 0.481 e. The molecule has 0 aliphatic rings. The van der Waals surface area contributed by atoms with E-state index in [-0.39, 0.29) is 6.42 Å². The first-order valence-electron chi connectivity index (χ1n) is 5.56. The minimum atomic E-state index is -0.851. The van der Waals surface area contributed by atoms with Crippen LogP contribution in [0.5, 0.6) is 0 Å². The van der Waals surface area contributed by atoms with E-state index >= 15 is 0 Å². The fourth-order valence-electron chi connectivity index (χ4n) is 1.84. The molecule has 0 aromatic heterocycles. The zero-order valence-corrected chi connectivity index (χ0v) is 9.67. The number of carbonyl (C=O) groups excluding carboxylic acids is 1. The van der Waals surface area contributed by atoms with Gasteiger partial charge in [0, 0.05) is 5.56 Å². The van der Waals surface area contributed by atoms with Crippen LogP contribution in [0.15, 0.2) is 48.5 Å². The van der Waals surface area contributed by atoms with Crippen LogP contribution in [-0.2, 0) is 11.2 Å². The third-order valence-corrected chi connectivity index (χ3v) is 2.71. The molecule has 0 amide bonds. The highest BCUT2D eigenvalue weighted by Gasteiger charge is 2.04. The molecule has 18 heavy (non-hydrogen) atoms. The van der Waals surface area contributed by atoms with Gasteiger partial charge in [-0.25, -0.2) is 0 Å². The number of benzene rings is 2. The average molecular weight is 240 g/mol. The number of rotatable bonds is 4. The number of hydrogen-bond acceptors (Lipinski definition) is 2. The van der Waals surface area contributed by atoms with Crippen molar-refractivity contribution in [2.45, 2.75) is 6.42 Å². The van der Waals surface area contributed by atoms with Gasteiger partial charge in [-0.15, -0.1) is 0 Å². The summed E-state index contributed by atoms with van der Waals surface area (Å²) in [5, 5.41) is 8.69. The monoisotopic (exact) mass is 240 g/mol. The van der Waals surface area contributed by atoms with Gasteiger partial charge in [-0.3, -0.25) is 9.59 Å². The predicted octanol–water partition coefficient (Wildman–Crippen LogP) is 2.79. The van der Waals surface area contributed by atoms with Crippen molar-refractivity contribution in [2.24, 2.45) is 0 Å². The van der Waals surface area contributed by atoms with Crippen molar-refractivity contribution in [1.29, 1.82) is 0 Å². The van der Waals surface area contributed by atoms with Crippen molar-refractivity contribution in [3.05, 3.63) is 59.7 Å². The highest BCUT2D eigenvalue weighted by molar-refractivity contribution is 5.87. The summed E-state index contributed by atoms with van der Waals surface area (Å²) in [7, 11) is 0. The second-order valence-electron chi connectivity index (χ2n) is 3.97. The Morgan fingerprint density at radius 1 is 1.06 bits per heavy atom. The Morgan fingerprint density at radius 2 is 1.72 bits per heavy atom. The van der Waals surface area contributed by atoms with Crippen molar-refractivity contribution < 1.29 is 14.7 Å². The Morgan fingerprint density at radius 3 is 2.33 bits per heavy atom. The van der Waals surface area contributed by atoms with Crippen LogP contribution >= 0.6 is 0 Å². The molecular formula is C15H12O3. The van der Waals surface area contributed by atoms with Crippen LogP contribution in [0.25, 0.3) is 11.1 Å². The lowest BCUT2D eigenvalue weighted by atomic mass is 9.99. The molecule has 0 fully saturated rings. The van der Waals surface area contributed by atoms with Crippen LogP contribution < -0.4 is 0 Å². The quantitative estimate of drug-likeness (QED) is 0.836. The van der Waals surface area contributed by atoms with Crippen LogP contribution in [0, 0.1) is 0 Å². The van der Waals surface area contributed by atoms with Crippen molar-refractivity contribution in [3.8, 4) is 11.1 Å². The zero-order valence-electron chi connectivity index (χ0n) is 9.67. The molecule has 0 bridgehead atoms. The normalized spacial score (nSPS) is 10.0. The molecule has 0 radical (unpaired) electrons. The molecule has 0 unspecified atom stereocenters. The maximum absolute atomic E-state index is 10.9. The van der Waals surface area contributed by atoms with Crippen LogP contribution in [0.2, 0.25) is 0 Å². The smallest absolute Gasteiger partial charge is 0.307 e. The van der Waals surface area contributed by atoms with E-state index in [1.165, 1.54) is 0 Å². The number of hydrogen-bond donors (Lipinski definition) is 1. The molecule has 0 aliphatic heterocycles. The van der Waals surface area contributed by atoms with Crippen molar-refractivity contribution >= 4 is 12.3 Å². The fraction of sp³-hybridized carbons (Fsp3) is 0.0667. The molecule has 2 rings (SSSR count). The number of carboxylic acids is 1. The van der Waals surface area contributed by atoms with E-state index in [0.717, 1.165) is 23.0 Å². The summed E-state index contributed by atoms with van der Waals surface area (Å²) in [5.74, 6) is -0.851. The lowest BCUT2D eigenvalue weighted by molar-refractivity contribution is -0.136. The van der Waals surface area contributed by atoms with E-state index < -0.39 is 5.97 Å². The summed E-state index contributed by atoms with van der Waals surface area (Å²) >= 11 is 0. The minimum absolute atomic E-state index is 0.00953. The molecule has 3 heteroatoms. The van der Waals surface area contributed by atoms with Crippen molar-refractivity contribution in [1.82, 2.24) is 0 Å². The molecule has 0 aliphatic carbocycles. The maximum Gasteiger partial charge on any atom is 0.307 e. The van der Waals surface area contributed by atoms with Crippen LogP contribution in [0.4, 0.5) is 0 Å². The molecule has 90 valence electrons. The summed E-state index contributed by atoms with van der Waals surface area (Å²) in [6.45, 7) is 0. The second-order valence-corrected chi connectivity index (χ2v) is 3.97. The Labute approximate surface area is 105 Å². The molecule has 3 nitrogen and oxygen atoms in total. The highest BCUT2D eigenvalue weighted by Crippen LogP contribution is 2.23. The zero-order chi connectivity index (χ0) is 13.0. The minimum Gasteiger partial charge on any atom is -0.481 e. The lowest BCUT2D eigenvalue weighted by Gasteiger charge is -2.05. The third-order valence-electron chi connectivity index (χ3n) is 2.71. The van der Waals surface area contributed by atoms with Gasteiger partial charge in [0.05, 0.1) is 6.42 Å². The molecule has 0 heterocycles. The van der Waals surface area contributed by atoms with Gasteiger partial charge in [-0.05, 0) is 16.7 Å². The van der Waals surface area contributed by atoms with Crippen molar-refractivity contribution in [2.75, 3.05) is 0 Å². The molecular weight excluding hydrogens is 228 g/mol. The van der Waals surface area contributed by atoms with E-state index in [0.29, 0.717) is 5.56 Å². The first-order valence-corrected chi connectivity index (χ1v) is 5.56. The van der Waals surface area contributed by atoms with Gasteiger partial charge < -0.3 is 5.11 Å². The van der Waals surface area contributed by atoms with Crippen molar-refractivity contribution in [3.63, 3.8) is 0 Å². The Bertz CT molecular complexity index is 571. The molecule has 0 atom stereocenters. The SMILES string of the molecule is O=Cc1ccccc1-c1ccc(CC(=O)O)cc1. The van der Waals surface area contributed by atoms with Gasteiger partial charge in [-0.1, -0.05) is 48.5 Å². The summed E-state index contributed by atoms with van der Waals surface area (Å²) in [4.78, 5) is 21.5. The predicted molar refractivity (Wildman–Crippen MR) is 68.6 cm³/mol. The number of carbonyl (C=O) groups is 2. The average Bonchev–Trinajstić information content (AvgIpc) is 2.39. The van der Waals surface area contributed by atoms with Gasteiger partial charge in [-0.2, -0.15) is 0 Å². The van der Waals surface area contributed by atoms with E-state index in [4.69, 9.17) is 5.11 Å². The number of aldehydes is 1.